The van der Waals surface area contributed by atoms with Crippen LogP contribution in [0.1, 0.15) is 11.1 Å². The molecule has 1 fully saturated rings. The summed E-state index contributed by atoms with van der Waals surface area (Å²) < 4.78 is 13.6. The second-order valence-electron chi connectivity index (χ2n) is 4.26. The molecule has 0 saturated carbocycles. The lowest BCUT2D eigenvalue weighted by atomic mass is 10.1. The maximum atomic E-state index is 13.6. The zero-order valence-electron chi connectivity index (χ0n) is 9.46. The molecule has 0 aromatic heterocycles. The van der Waals surface area contributed by atoms with Crippen molar-refractivity contribution in [2.75, 3.05) is 26.2 Å². The van der Waals surface area contributed by atoms with Crippen molar-refractivity contribution in [2.45, 2.75) is 13.5 Å². The molecule has 1 aromatic rings. The van der Waals surface area contributed by atoms with Gasteiger partial charge in [-0.05, 0) is 18.6 Å². The molecule has 2 rings (SSSR count). The molecule has 0 spiro atoms. The largest absolute Gasteiger partial charge is 0.508 e. The first kappa shape index (κ1) is 11.4. The van der Waals surface area contributed by atoms with E-state index in [9.17, 15) is 9.50 Å². The summed E-state index contributed by atoms with van der Waals surface area (Å²) >= 11 is 0. The minimum atomic E-state index is -0.318. The van der Waals surface area contributed by atoms with Gasteiger partial charge in [-0.1, -0.05) is 0 Å². The van der Waals surface area contributed by atoms with Crippen LogP contribution >= 0.6 is 0 Å². The predicted molar refractivity (Wildman–Crippen MR) is 60.9 cm³/mol. The molecule has 16 heavy (non-hydrogen) atoms. The van der Waals surface area contributed by atoms with E-state index in [1.54, 1.807) is 13.0 Å². The number of aromatic hydroxyl groups is 1. The molecule has 4 heteroatoms. The molecule has 1 aromatic carbocycles. The van der Waals surface area contributed by atoms with Gasteiger partial charge in [-0.15, -0.1) is 0 Å². The predicted octanol–water partition coefficient (Wildman–Crippen LogP) is 1.24. The van der Waals surface area contributed by atoms with Crippen LogP contribution in [0.25, 0.3) is 0 Å². The first-order valence-corrected chi connectivity index (χ1v) is 5.58. The summed E-state index contributed by atoms with van der Waals surface area (Å²) in [5.74, 6) is -0.289. The molecule has 1 aliphatic rings. The topological polar surface area (TPSA) is 35.5 Å². The normalized spacial score (nSPS) is 17.6. The molecule has 0 amide bonds. The van der Waals surface area contributed by atoms with Gasteiger partial charge in [-0.3, -0.25) is 4.90 Å². The lowest BCUT2D eigenvalue weighted by Gasteiger charge is -2.27. The van der Waals surface area contributed by atoms with Crippen LogP contribution in [0.15, 0.2) is 12.1 Å². The SMILES string of the molecule is Cc1cc(CN2CCNCC2)c(F)cc1O. The molecule has 0 bridgehead atoms. The molecule has 2 N–H and O–H groups in total. The van der Waals surface area contributed by atoms with Crippen molar-refractivity contribution in [1.82, 2.24) is 10.2 Å². The minimum Gasteiger partial charge on any atom is -0.508 e. The monoisotopic (exact) mass is 224 g/mol. The summed E-state index contributed by atoms with van der Waals surface area (Å²) in [4.78, 5) is 2.21. The molecule has 1 saturated heterocycles. The number of benzene rings is 1. The smallest absolute Gasteiger partial charge is 0.131 e. The van der Waals surface area contributed by atoms with Crippen molar-refractivity contribution in [3.05, 3.63) is 29.1 Å². The van der Waals surface area contributed by atoms with Crippen molar-refractivity contribution in [2.24, 2.45) is 0 Å². The highest BCUT2D eigenvalue weighted by molar-refractivity contribution is 5.36. The van der Waals surface area contributed by atoms with Gasteiger partial charge in [0.25, 0.3) is 0 Å². The standard InChI is InChI=1S/C12H17FN2O/c1-9-6-10(11(13)7-12(9)16)8-15-4-2-14-3-5-15/h6-7,14,16H,2-5,8H2,1H3. The average molecular weight is 224 g/mol. The number of nitrogens with zero attached hydrogens (tertiary/aromatic N) is 1. The highest BCUT2D eigenvalue weighted by Gasteiger charge is 2.13. The molecule has 0 aliphatic carbocycles. The lowest BCUT2D eigenvalue weighted by molar-refractivity contribution is 0.230. The molecular formula is C12H17FN2O. The third-order valence-corrected chi connectivity index (χ3v) is 2.97. The lowest BCUT2D eigenvalue weighted by Crippen LogP contribution is -2.43. The fraction of sp³-hybridized carbons (Fsp3) is 0.500. The number of halogens is 1. The number of phenols is 1. The molecule has 0 unspecified atom stereocenters. The van der Waals surface area contributed by atoms with Gasteiger partial charge in [-0.25, -0.2) is 4.39 Å². The Kier molecular flexibility index (Phi) is 3.41. The van der Waals surface area contributed by atoms with E-state index in [2.05, 4.69) is 10.2 Å². The number of aryl methyl sites for hydroxylation is 1. The van der Waals surface area contributed by atoms with Crippen LogP contribution in [0.4, 0.5) is 4.39 Å². The van der Waals surface area contributed by atoms with Crippen molar-refractivity contribution >= 4 is 0 Å². The Morgan fingerprint density at radius 3 is 2.75 bits per heavy atom. The first-order chi connectivity index (χ1) is 7.66. The number of hydrogen-bond acceptors (Lipinski definition) is 3. The van der Waals surface area contributed by atoms with E-state index in [4.69, 9.17) is 0 Å². The third kappa shape index (κ3) is 2.51. The van der Waals surface area contributed by atoms with E-state index < -0.39 is 0 Å². The number of phenolic OH excluding ortho intramolecular Hbond substituents is 1. The zero-order chi connectivity index (χ0) is 11.5. The van der Waals surface area contributed by atoms with Crippen molar-refractivity contribution in [3.8, 4) is 5.75 Å². The Bertz CT molecular complexity index is 376. The molecule has 1 aliphatic heterocycles. The fourth-order valence-corrected chi connectivity index (χ4v) is 1.96. The first-order valence-electron chi connectivity index (χ1n) is 5.58. The van der Waals surface area contributed by atoms with Gasteiger partial charge in [0.1, 0.15) is 11.6 Å². The van der Waals surface area contributed by atoms with Crippen LogP contribution in [-0.2, 0) is 6.54 Å². The quantitative estimate of drug-likeness (QED) is 0.793. The van der Waals surface area contributed by atoms with Gasteiger partial charge in [0.2, 0.25) is 0 Å². The van der Waals surface area contributed by atoms with E-state index >= 15 is 0 Å². The molecule has 1 heterocycles. The second-order valence-corrected chi connectivity index (χ2v) is 4.26. The number of hydrogen-bond donors (Lipinski definition) is 2. The molecule has 0 radical (unpaired) electrons. The Morgan fingerprint density at radius 1 is 1.38 bits per heavy atom. The van der Waals surface area contributed by atoms with E-state index in [1.165, 1.54) is 6.07 Å². The number of rotatable bonds is 2. The number of piperazine rings is 1. The fourth-order valence-electron chi connectivity index (χ4n) is 1.96. The molecule has 3 nitrogen and oxygen atoms in total. The van der Waals surface area contributed by atoms with E-state index in [0.717, 1.165) is 31.7 Å². The molecule has 0 atom stereocenters. The maximum absolute atomic E-state index is 13.6. The maximum Gasteiger partial charge on any atom is 0.131 e. The summed E-state index contributed by atoms with van der Waals surface area (Å²) in [5, 5.41) is 12.6. The summed E-state index contributed by atoms with van der Waals surface area (Å²) in [6, 6.07) is 2.93. The van der Waals surface area contributed by atoms with Crippen LogP contribution in [0.2, 0.25) is 0 Å². The van der Waals surface area contributed by atoms with Crippen LogP contribution < -0.4 is 5.32 Å². The molecule has 88 valence electrons. The van der Waals surface area contributed by atoms with Crippen molar-refractivity contribution in [3.63, 3.8) is 0 Å². The van der Waals surface area contributed by atoms with Crippen LogP contribution in [0.3, 0.4) is 0 Å². The van der Waals surface area contributed by atoms with Crippen molar-refractivity contribution in [1.29, 1.82) is 0 Å². The summed E-state index contributed by atoms with van der Waals surface area (Å²) in [6.45, 7) is 6.21. The average Bonchev–Trinajstić information content (AvgIpc) is 2.27. The Balaban J connectivity index is 2.11. The highest BCUT2D eigenvalue weighted by atomic mass is 19.1. The Morgan fingerprint density at radius 2 is 2.06 bits per heavy atom. The van der Waals surface area contributed by atoms with Gasteiger partial charge in [0.15, 0.2) is 0 Å². The van der Waals surface area contributed by atoms with Crippen LogP contribution in [0, 0.1) is 12.7 Å². The molecular weight excluding hydrogens is 207 g/mol. The Labute approximate surface area is 94.9 Å². The highest BCUT2D eigenvalue weighted by Crippen LogP contribution is 2.21. The summed E-state index contributed by atoms with van der Waals surface area (Å²) in [7, 11) is 0. The second kappa shape index (κ2) is 4.80. The van der Waals surface area contributed by atoms with E-state index in [0.29, 0.717) is 12.1 Å². The minimum absolute atomic E-state index is 0.0292. The zero-order valence-corrected chi connectivity index (χ0v) is 9.46. The van der Waals surface area contributed by atoms with Gasteiger partial charge in [0.05, 0.1) is 0 Å². The number of nitrogens with one attached hydrogen (secondary N) is 1. The summed E-state index contributed by atoms with van der Waals surface area (Å²) in [5.41, 5.74) is 1.39. The third-order valence-electron chi connectivity index (χ3n) is 2.97. The van der Waals surface area contributed by atoms with Crippen LogP contribution in [-0.4, -0.2) is 36.2 Å². The van der Waals surface area contributed by atoms with Gasteiger partial charge < -0.3 is 10.4 Å². The van der Waals surface area contributed by atoms with Crippen molar-refractivity contribution < 1.29 is 9.50 Å². The summed E-state index contributed by atoms with van der Waals surface area (Å²) in [6.07, 6.45) is 0. The van der Waals surface area contributed by atoms with Gasteiger partial charge in [-0.2, -0.15) is 0 Å². The van der Waals surface area contributed by atoms with Gasteiger partial charge in [0, 0.05) is 44.4 Å². The van der Waals surface area contributed by atoms with E-state index in [-0.39, 0.29) is 11.6 Å². The van der Waals surface area contributed by atoms with E-state index in [1.807, 2.05) is 0 Å². The van der Waals surface area contributed by atoms with Crippen LogP contribution in [0.5, 0.6) is 5.75 Å². The van der Waals surface area contributed by atoms with Gasteiger partial charge >= 0.3 is 0 Å². The Hall–Kier alpha value is -1.13.